The minimum absolute atomic E-state index is 0.0251. The Morgan fingerprint density at radius 1 is 1.30 bits per heavy atom. The number of nitrogens with two attached hydrogens (primary N) is 2. The van der Waals surface area contributed by atoms with Gasteiger partial charge in [0, 0.05) is 13.1 Å². The molecular weight excluding hydrogens is 280 g/mol. The summed E-state index contributed by atoms with van der Waals surface area (Å²) in [6.45, 7) is 1.62. The Morgan fingerprint density at radius 3 is 2.55 bits per heavy atom. The number of primary sulfonamides is 1. The molecule has 7 nitrogen and oxygen atoms in total. The van der Waals surface area contributed by atoms with Crippen LogP contribution >= 0.6 is 0 Å². The molecule has 0 bridgehead atoms. The van der Waals surface area contributed by atoms with Crippen LogP contribution in [0.1, 0.15) is 12.8 Å². The number of hydrogen-bond acceptors (Lipinski definition) is 5. The molecule has 0 atom stereocenters. The van der Waals surface area contributed by atoms with E-state index in [4.69, 9.17) is 10.9 Å². The van der Waals surface area contributed by atoms with Crippen LogP contribution in [0.4, 0.5) is 11.4 Å². The number of sulfonamides is 1. The number of benzene rings is 1. The van der Waals surface area contributed by atoms with Gasteiger partial charge in [-0.1, -0.05) is 0 Å². The molecule has 1 aromatic carbocycles. The van der Waals surface area contributed by atoms with E-state index in [0.29, 0.717) is 11.4 Å². The number of nitrogens with one attached hydrogen (secondary N) is 1. The number of anilines is 2. The van der Waals surface area contributed by atoms with E-state index in [1.807, 2.05) is 0 Å². The van der Waals surface area contributed by atoms with Gasteiger partial charge in [0.1, 0.15) is 0 Å². The van der Waals surface area contributed by atoms with Crippen molar-refractivity contribution in [1.29, 1.82) is 0 Å². The topological polar surface area (TPSA) is 119 Å². The van der Waals surface area contributed by atoms with Crippen LogP contribution in [-0.4, -0.2) is 38.9 Å². The van der Waals surface area contributed by atoms with Crippen LogP contribution in [0.5, 0.6) is 0 Å². The number of nitrogen functional groups attached to an aromatic ring is 1. The monoisotopic (exact) mass is 298 g/mol. The maximum absolute atomic E-state index is 11.9. The lowest BCUT2D eigenvalue weighted by molar-refractivity contribution is -0.128. The van der Waals surface area contributed by atoms with Crippen molar-refractivity contribution in [3.63, 3.8) is 0 Å². The van der Waals surface area contributed by atoms with Gasteiger partial charge in [0.2, 0.25) is 15.9 Å². The van der Waals surface area contributed by atoms with E-state index in [2.05, 4.69) is 5.32 Å². The third-order valence-corrected chi connectivity index (χ3v) is 4.15. The van der Waals surface area contributed by atoms with Crippen molar-refractivity contribution in [2.45, 2.75) is 17.7 Å². The molecule has 2 rings (SSSR count). The highest BCUT2D eigenvalue weighted by Crippen LogP contribution is 2.22. The summed E-state index contributed by atoms with van der Waals surface area (Å²) in [6, 6.07) is 4.11. The highest BCUT2D eigenvalue weighted by molar-refractivity contribution is 7.89. The summed E-state index contributed by atoms with van der Waals surface area (Å²) in [5, 5.41) is 7.93. The smallest absolute Gasteiger partial charge is 0.241 e. The van der Waals surface area contributed by atoms with Gasteiger partial charge in [-0.2, -0.15) is 0 Å². The second kappa shape index (κ2) is 5.68. The predicted molar refractivity (Wildman–Crippen MR) is 76.5 cm³/mol. The Labute approximate surface area is 118 Å². The number of rotatable bonds is 4. The fraction of sp³-hybridized carbons (Fsp3) is 0.417. The first-order valence-corrected chi connectivity index (χ1v) is 7.86. The number of nitrogens with zero attached hydrogens (tertiary/aromatic N) is 1. The average Bonchev–Trinajstić information content (AvgIpc) is 2.90. The molecule has 1 aromatic rings. The maximum atomic E-state index is 11.9. The molecule has 1 fully saturated rings. The summed E-state index contributed by atoms with van der Waals surface area (Å²) >= 11 is 0. The predicted octanol–water partition coefficient (Wildman–Crippen LogP) is -0.0495. The van der Waals surface area contributed by atoms with E-state index in [1.54, 1.807) is 4.90 Å². The van der Waals surface area contributed by atoms with Gasteiger partial charge in [-0.3, -0.25) is 4.79 Å². The first-order chi connectivity index (χ1) is 9.38. The van der Waals surface area contributed by atoms with Crippen LogP contribution in [0.15, 0.2) is 23.1 Å². The Morgan fingerprint density at radius 2 is 1.95 bits per heavy atom. The molecule has 1 amide bonds. The highest BCUT2D eigenvalue weighted by Gasteiger charge is 2.18. The van der Waals surface area contributed by atoms with Crippen molar-refractivity contribution in [3.05, 3.63) is 18.2 Å². The van der Waals surface area contributed by atoms with E-state index in [-0.39, 0.29) is 17.3 Å². The summed E-state index contributed by atoms with van der Waals surface area (Å²) in [6.07, 6.45) is 2.05. The third-order valence-electron chi connectivity index (χ3n) is 3.24. The standard InChI is InChI=1S/C12H18N4O3S/c13-10-4-3-9(20(14,18)19)7-11(10)15-8-12(17)16-5-1-2-6-16/h3-4,7,15H,1-2,5-6,8,13H2,(H2,14,18,19). The highest BCUT2D eigenvalue weighted by atomic mass is 32.2. The second-order valence-corrected chi connectivity index (χ2v) is 6.30. The van der Waals surface area contributed by atoms with Crippen LogP contribution in [0.2, 0.25) is 0 Å². The molecule has 0 saturated carbocycles. The number of carbonyl (C=O) groups excluding carboxylic acids is 1. The van der Waals surface area contributed by atoms with Crippen molar-refractivity contribution in [3.8, 4) is 0 Å². The van der Waals surface area contributed by atoms with Gasteiger partial charge in [0.05, 0.1) is 22.8 Å². The van der Waals surface area contributed by atoms with E-state index < -0.39 is 10.0 Å². The number of amides is 1. The van der Waals surface area contributed by atoms with Crippen molar-refractivity contribution in [1.82, 2.24) is 4.90 Å². The molecule has 0 radical (unpaired) electrons. The first-order valence-electron chi connectivity index (χ1n) is 6.32. The zero-order chi connectivity index (χ0) is 14.8. The van der Waals surface area contributed by atoms with Crippen molar-refractivity contribution in [2.24, 2.45) is 5.14 Å². The minimum Gasteiger partial charge on any atom is -0.397 e. The summed E-state index contributed by atoms with van der Waals surface area (Å²) in [4.78, 5) is 13.6. The normalized spacial score (nSPS) is 15.3. The lowest BCUT2D eigenvalue weighted by Gasteiger charge is -2.17. The zero-order valence-corrected chi connectivity index (χ0v) is 11.8. The maximum Gasteiger partial charge on any atom is 0.241 e. The summed E-state index contributed by atoms with van der Waals surface area (Å²) < 4.78 is 22.6. The molecule has 5 N–H and O–H groups in total. The molecule has 110 valence electrons. The van der Waals surface area contributed by atoms with Gasteiger partial charge in [0.15, 0.2) is 0 Å². The molecule has 1 heterocycles. The van der Waals surface area contributed by atoms with Crippen LogP contribution in [-0.2, 0) is 14.8 Å². The largest absolute Gasteiger partial charge is 0.397 e. The van der Waals surface area contributed by atoms with Gasteiger partial charge >= 0.3 is 0 Å². The van der Waals surface area contributed by atoms with Gasteiger partial charge in [0.25, 0.3) is 0 Å². The second-order valence-electron chi connectivity index (χ2n) is 4.74. The zero-order valence-electron chi connectivity index (χ0n) is 11.0. The Hall–Kier alpha value is -1.80. The number of likely N-dealkylation sites (tertiary alicyclic amines) is 1. The molecular formula is C12H18N4O3S. The van der Waals surface area contributed by atoms with E-state index in [0.717, 1.165) is 25.9 Å². The lowest BCUT2D eigenvalue weighted by Crippen LogP contribution is -2.33. The van der Waals surface area contributed by atoms with Crippen molar-refractivity contribution < 1.29 is 13.2 Å². The van der Waals surface area contributed by atoms with E-state index in [9.17, 15) is 13.2 Å². The van der Waals surface area contributed by atoms with E-state index in [1.165, 1.54) is 18.2 Å². The molecule has 1 saturated heterocycles. The Kier molecular flexibility index (Phi) is 4.15. The van der Waals surface area contributed by atoms with Gasteiger partial charge in [-0.15, -0.1) is 0 Å². The molecule has 0 spiro atoms. The van der Waals surface area contributed by atoms with E-state index >= 15 is 0 Å². The summed E-state index contributed by atoms with van der Waals surface area (Å²) in [5.41, 5.74) is 6.51. The van der Waals surface area contributed by atoms with Crippen molar-refractivity contribution in [2.75, 3.05) is 30.7 Å². The Balaban J connectivity index is 2.07. The average molecular weight is 298 g/mol. The van der Waals surface area contributed by atoms with Gasteiger partial charge < -0.3 is 16.0 Å². The number of hydrogen-bond donors (Lipinski definition) is 3. The van der Waals surface area contributed by atoms with Crippen LogP contribution in [0.3, 0.4) is 0 Å². The lowest BCUT2D eigenvalue weighted by atomic mass is 10.2. The Bertz CT molecular complexity index is 609. The molecule has 1 aliphatic rings. The molecule has 0 aliphatic carbocycles. The molecule has 20 heavy (non-hydrogen) atoms. The van der Waals surface area contributed by atoms with Crippen LogP contribution in [0.25, 0.3) is 0 Å². The van der Waals surface area contributed by atoms with Crippen LogP contribution < -0.4 is 16.2 Å². The van der Waals surface area contributed by atoms with Crippen LogP contribution in [0, 0.1) is 0 Å². The molecule has 1 aliphatic heterocycles. The van der Waals surface area contributed by atoms with Crippen molar-refractivity contribution >= 4 is 27.3 Å². The first kappa shape index (κ1) is 14.6. The fourth-order valence-corrected chi connectivity index (χ4v) is 2.65. The van der Waals surface area contributed by atoms with Gasteiger partial charge in [-0.05, 0) is 31.0 Å². The SMILES string of the molecule is Nc1ccc(S(N)(=O)=O)cc1NCC(=O)N1CCCC1. The molecule has 0 aromatic heterocycles. The number of carbonyl (C=O) groups is 1. The summed E-state index contributed by atoms with van der Waals surface area (Å²) in [5.74, 6) is -0.0251. The molecule has 8 heteroatoms. The summed E-state index contributed by atoms with van der Waals surface area (Å²) in [7, 11) is -3.79. The quantitative estimate of drug-likeness (QED) is 0.673. The molecule has 0 unspecified atom stereocenters. The third kappa shape index (κ3) is 3.40. The fourth-order valence-electron chi connectivity index (χ4n) is 2.11. The van der Waals surface area contributed by atoms with Gasteiger partial charge in [-0.25, -0.2) is 13.6 Å². The minimum atomic E-state index is -3.79.